The van der Waals surface area contributed by atoms with Crippen molar-refractivity contribution >= 4 is 39.1 Å². The van der Waals surface area contributed by atoms with Crippen LogP contribution in [0.25, 0.3) is 11.3 Å². The quantitative estimate of drug-likeness (QED) is 0.635. The zero-order valence-corrected chi connectivity index (χ0v) is 15.6. The van der Waals surface area contributed by atoms with Crippen molar-refractivity contribution in [3.63, 3.8) is 0 Å². The largest absolute Gasteiger partial charge is 0.282 e. The average molecular weight is 416 g/mol. The van der Waals surface area contributed by atoms with E-state index in [1.54, 1.807) is 18.2 Å². The summed E-state index contributed by atoms with van der Waals surface area (Å²) in [7, 11) is 0. The topological polar surface area (TPSA) is 71.1 Å². The van der Waals surface area contributed by atoms with E-state index >= 15 is 0 Å². The van der Waals surface area contributed by atoms with Crippen molar-refractivity contribution in [1.29, 1.82) is 0 Å². The standard InChI is InChI=1S/C18H14BrN3O2S/c1-11-20-15(12-7-3-2-4-8-12)16(25-11)18(24)22-21-17(23)13-9-5-6-10-14(13)19/h2-10H,1H3,(H,21,23)(H,22,24). The van der Waals surface area contributed by atoms with Gasteiger partial charge in [0, 0.05) is 10.0 Å². The van der Waals surface area contributed by atoms with Crippen LogP contribution in [0.4, 0.5) is 0 Å². The monoisotopic (exact) mass is 415 g/mol. The molecule has 0 saturated carbocycles. The van der Waals surface area contributed by atoms with E-state index in [0.717, 1.165) is 10.6 Å². The first-order valence-electron chi connectivity index (χ1n) is 7.44. The summed E-state index contributed by atoms with van der Waals surface area (Å²) in [5.41, 5.74) is 6.79. The van der Waals surface area contributed by atoms with E-state index in [9.17, 15) is 9.59 Å². The van der Waals surface area contributed by atoms with Gasteiger partial charge in [0.2, 0.25) is 0 Å². The van der Waals surface area contributed by atoms with Gasteiger partial charge in [-0.1, -0.05) is 42.5 Å². The third-order valence-electron chi connectivity index (χ3n) is 3.40. The second kappa shape index (κ2) is 7.58. The van der Waals surface area contributed by atoms with Crippen LogP contribution in [-0.2, 0) is 0 Å². The Morgan fingerprint density at radius 2 is 1.60 bits per heavy atom. The van der Waals surface area contributed by atoms with Gasteiger partial charge in [-0.05, 0) is 35.0 Å². The van der Waals surface area contributed by atoms with Crippen LogP contribution < -0.4 is 10.9 Å². The Balaban J connectivity index is 1.77. The van der Waals surface area contributed by atoms with Gasteiger partial charge in [-0.3, -0.25) is 20.4 Å². The van der Waals surface area contributed by atoms with Crippen LogP contribution in [0.1, 0.15) is 25.0 Å². The van der Waals surface area contributed by atoms with Crippen molar-refractivity contribution < 1.29 is 9.59 Å². The van der Waals surface area contributed by atoms with Crippen molar-refractivity contribution in [3.8, 4) is 11.3 Å². The fourth-order valence-electron chi connectivity index (χ4n) is 2.26. The minimum Gasteiger partial charge on any atom is -0.267 e. The molecule has 126 valence electrons. The number of nitrogens with one attached hydrogen (secondary N) is 2. The predicted molar refractivity (Wildman–Crippen MR) is 101 cm³/mol. The number of rotatable bonds is 3. The van der Waals surface area contributed by atoms with Crippen LogP contribution in [0.2, 0.25) is 0 Å². The summed E-state index contributed by atoms with van der Waals surface area (Å²) in [6.45, 7) is 1.84. The number of carbonyl (C=O) groups excluding carboxylic acids is 2. The van der Waals surface area contributed by atoms with Crippen molar-refractivity contribution in [2.24, 2.45) is 0 Å². The van der Waals surface area contributed by atoms with Crippen molar-refractivity contribution in [1.82, 2.24) is 15.8 Å². The minimum absolute atomic E-state index is 0.398. The molecule has 2 aromatic carbocycles. The van der Waals surface area contributed by atoms with E-state index in [1.165, 1.54) is 11.3 Å². The fourth-order valence-corrected chi connectivity index (χ4v) is 3.56. The molecule has 2 amide bonds. The molecule has 0 fully saturated rings. The zero-order valence-electron chi connectivity index (χ0n) is 13.2. The van der Waals surface area contributed by atoms with Crippen LogP contribution >= 0.6 is 27.3 Å². The molecule has 3 rings (SSSR count). The van der Waals surface area contributed by atoms with Crippen molar-refractivity contribution in [3.05, 3.63) is 74.5 Å². The van der Waals surface area contributed by atoms with Crippen LogP contribution in [0, 0.1) is 6.92 Å². The molecular weight excluding hydrogens is 402 g/mol. The molecule has 0 saturated heterocycles. The van der Waals surface area contributed by atoms with E-state index in [1.807, 2.05) is 43.3 Å². The number of aryl methyl sites for hydroxylation is 1. The lowest BCUT2D eigenvalue weighted by Crippen LogP contribution is -2.41. The minimum atomic E-state index is -0.400. The van der Waals surface area contributed by atoms with Gasteiger partial charge in [0.25, 0.3) is 11.8 Å². The summed E-state index contributed by atoms with van der Waals surface area (Å²) in [4.78, 5) is 29.6. The van der Waals surface area contributed by atoms with Gasteiger partial charge in [-0.2, -0.15) is 0 Å². The molecule has 0 atom stereocenters. The molecule has 25 heavy (non-hydrogen) atoms. The van der Waals surface area contributed by atoms with Crippen LogP contribution in [0.5, 0.6) is 0 Å². The maximum atomic E-state index is 12.5. The molecule has 1 heterocycles. The molecule has 0 unspecified atom stereocenters. The van der Waals surface area contributed by atoms with Gasteiger partial charge in [0.1, 0.15) is 4.88 Å². The first kappa shape index (κ1) is 17.3. The van der Waals surface area contributed by atoms with Gasteiger partial charge < -0.3 is 0 Å². The highest BCUT2D eigenvalue weighted by atomic mass is 79.9. The van der Waals surface area contributed by atoms with Crippen molar-refractivity contribution in [2.75, 3.05) is 0 Å². The van der Waals surface area contributed by atoms with Crippen LogP contribution in [0.3, 0.4) is 0 Å². The Hall–Kier alpha value is -2.51. The van der Waals surface area contributed by atoms with E-state index in [-0.39, 0.29) is 0 Å². The molecule has 0 aliphatic heterocycles. The normalized spacial score (nSPS) is 10.3. The molecule has 3 aromatic rings. The van der Waals surface area contributed by atoms with E-state index in [4.69, 9.17) is 0 Å². The number of carbonyl (C=O) groups is 2. The maximum absolute atomic E-state index is 12.5. The number of thiazole rings is 1. The summed E-state index contributed by atoms with van der Waals surface area (Å²) in [6.07, 6.45) is 0. The molecule has 0 aliphatic rings. The molecule has 0 aliphatic carbocycles. The molecule has 1 aromatic heterocycles. The lowest BCUT2D eigenvalue weighted by atomic mass is 10.1. The summed E-state index contributed by atoms with van der Waals surface area (Å²) in [6, 6.07) is 16.5. The number of hydrogen-bond donors (Lipinski definition) is 2. The van der Waals surface area contributed by atoms with E-state index in [2.05, 4.69) is 31.8 Å². The van der Waals surface area contributed by atoms with Crippen LogP contribution in [-0.4, -0.2) is 16.8 Å². The fraction of sp³-hybridized carbons (Fsp3) is 0.0556. The number of nitrogens with zero attached hydrogens (tertiary/aromatic N) is 1. The smallest absolute Gasteiger partial charge is 0.267 e. The highest BCUT2D eigenvalue weighted by molar-refractivity contribution is 9.10. The Bertz CT molecular complexity index is 925. The summed E-state index contributed by atoms with van der Waals surface area (Å²) in [5.74, 6) is -0.798. The van der Waals surface area contributed by atoms with Gasteiger partial charge in [-0.25, -0.2) is 4.98 Å². The Labute approximate surface area is 157 Å². The first-order valence-corrected chi connectivity index (χ1v) is 9.05. The Morgan fingerprint density at radius 1 is 0.960 bits per heavy atom. The van der Waals surface area contributed by atoms with Gasteiger partial charge >= 0.3 is 0 Å². The lowest BCUT2D eigenvalue weighted by molar-refractivity contribution is 0.0848. The highest BCUT2D eigenvalue weighted by Gasteiger charge is 2.19. The van der Waals surface area contributed by atoms with Gasteiger partial charge in [0.05, 0.1) is 16.3 Å². The molecule has 5 nitrogen and oxygen atoms in total. The molecule has 0 bridgehead atoms. The first-order chi connectivity index (χ1) is 12.1. The number of halogens is 1. The summed E-state index contributed by atoms with van der Waals surface area (Å²) >= 11 is 4.60. The number of hydrogen-bond acceptors (Lipinski definition) is 4. The Morgan fingerprint density at radius 3 is 2.32 bits per heavy atom. The third-order valence-corrected chi connectivity index (χ3v) is 5.06. The Kier molecular flexibility index (Phi) is 5.25. The zero-order chi connectivity index (χ0) is 17.8. The van der Waals surface area contributed by atoms with Gasteiger partial charge in [-0.15, -0.1) is 11.3 Å². The number of aromatic nitrogens is 1. The number of hydrazine groups is 1. The SMILES string of the molecule is Cc1nc(-c2ccccc2)c(C(=O)NNC(=O)c2ccccc2Br)s1. The summed E-state index contributed by atoms with van der Waals surface area (Å²) in [5, 5.41) is 0.779. The molecule has 0 spiro atoms. The number of benzene rings is 2. The lowest BCUT2D eigenvalue weighted by Gasteiger charge is -2.08. The predicted octanol–water partition coefficient (Wildman–Crippen LogP) is 3.96. The van der Waals surface area contributed by atoms with E-state index in [0.29, 0.717) is 20.6 Å². The maximum Gasteiger partial charge on any atom is 0.282 e. The highest BCUT2D eigenvalue weighted by Crippen LogP contribution is 2.27. The molecule has 7 heteroatoms. The summed E-state index contributed by atoms with van der Waals surface area (Å²) < 4.78 is 0.653. The van der Waals surface area contributed by atoms with Crippen LogP contribution in [0.15, 0.2) is 59.1 Å². The average Bonchev–Trinajstić information content (AvgIpc) is 3.02. The molecule has 2 N–H and O–H groups in total. The molecular formula is C18H14BrN3O2S. The third kappa shape index (κ3) is 3.94. The second-order valence-corrected chi connectivity index (χ2v) is 7.22. The van der Waals surface area contributed by atoms with E-state index < -0.39 is 11.8 Å². The second-order valence-electron chi connectivity index (χ2n) is 5.16. The number of amides is 2. The molecule has 0 radical (unpaired) electrons. The van der Waals surface area contributed by atoms with Gasteiger partial charge in [0.15, 0.2) is 0 Å². The van der Waals surface area contributed by atoms with Crippen molar-refractivity contribution in [2.45, 2.75) is 6.92 Å².